The fourth-order valence-electron chi connectivity index (χ4n) is 1.79. The summed E-state index contributed by atoms with van der Waals surface area (Å²) in [7, 11) is 0. The lowest BCUT2D eigenvalue weighted by molar-refractivity contribution is 0.624. The van der Waals surface area contributed by atoms with Crippen LogP contribution in [0.25, 0.3) is 0 Å². The highest BCUT2D eigenvalue weighted by atomic mass is 79.9. The third-order valence-electron chi connectivity index (χ3n) is 2.83. The maximum atomic E-state index is 13.0. The van der Waals surface area contributed by atoms with Crippen LogP contribution in [0.1, 0.15) is 17.2 Å². The molecule has 0 saturated heterocycles. The zero-order valence-electron chi connectivity index (χ0n) is 9.84. The first-order valence-electron chi connectivity index (χ1n) is 5.62. The maximum Gasteiger partial charge on any atom is 0.124 e. The molecule has 2 rings (SSSR count). The zero-order chi connectivity index (χ0) is 14.0. The van der Waals surface area contributed by atoms with Crippen LogP contribution in [-0.4, -0.2) is 0 Å². The molecule has 1 unspecified atom stereocenters. The van der Waals surface area contributed by atoms with Gasteiger partial charge in [-0.2, -0.15) is 0 Å². The van der Waals surface area contributed by atoms with Crippen LogP contribution in [0, 0.1) is 5.82 Å². The molecule has 0 radical (unpaired) electrons. The van der Waals surface area contributed by atoms with E-state index in [0.29, 0.717) is 11.4 Å². The van der Waals surface area contributed by atoms with Crippen LogP contribution in [0.15, 0.2) is 45.3 Å². The van der Waals surface area contributed by atoms with E-state index in [2.05, 4.69) is 31.9 Å². The highest BCUT2D eigenvalue weighted by Crippen LogP contribution is 2.28. The molecular weight excluding hydrogens is 396 g/mol. The lowest BCUT2D eigenvalue weighted by Crippen LogP contribution is -2.13. The SMILES string of the molecule is NC(Cc1ccc(F)cc1Br)c1ccc(Br)c(Cl)c1. The Labute approximate surface area is 133 Å². The van der Waals surface area contributed by atoms with Gasteiger partial charge in [-0.15, -0.1) is 0 Å². The molecule has 0 aromatic heterocycles. The van der Waals surface area contributed by atoms with E-state index in [9.17, 15) is 4.39 Å². The van der Waals surface area contributed by atoms with Crippen molar-refractivity contribution < 1.29 is 4.39 Å². The van der Waals surface area contributed by atoms with E-state index in [4.69, 9.17) is 17.3 Å². The van der Waals surface area contributed by atoms with E-state index in [0.717, 1.165) is 20.1 Å². The van der Waals surface area contributed by atoms with Crippen molar-refractivity contribution in [1.29, 1.82) is 0 Å². The molecule has 5 heteroatoms. The molecule has 1 atom stereocenters. The minimum Gasteiger partial charge on any atom is -0.324 e. The normalized spacial score (nSPS) is 12.5. The Balaban J connectivity index is 2.20. The van der Waals surface area contributed by atoms with E-state index in [1.807, 2.05) is 18.2 Å². The lowest BCUT2D eigenvalue weighted by Gasteiger charge is -2.14. The second-order valence-electron chi connectivity index (χ2n) is 4.22. The van der Waals surface area contributed by atoms with Gasteiger partial charge in [0.1, 0.15) is 5.82 Å². The fourth-order valence-corrected chi connectivity index (χ4v) is 2.73. The Morgan fingerprint density at radius 3 is 2.47 bits per heavy atom. The molecule has 0 fully saturated rings. The van der Waals surface area contributed by atoms with Crippen LogP contribution in [0.3, 0.4) is 0 Å². The van der Waals surface area contributed by atoms with Gasteiger partial charge in [0.2, 0.25) is 0 Å². The average molecular weight is 408 g/mol. The van der Waals surface area contributed by atoms with Gasteiger partial charge < -0.3 is 5.73 Å². The standard InChI is InChI=1S/C14H11Br2ClFN/c15-11-4-2-9(5-13(11)17)14(19)6-8-1-3-10(18)7-12(8)16/h1-5,7,14H,6,19H2. The highest BCUT2D eigenvalue weighted by molar-refractivity contribution is 9.10. The molecule has 0 heterocycles. The molecule has 0 saturated carbocycles. The summed E-state index contributed by atoms with van der Waals surface area (Å²) >= 11 is 12.7. The van der Waals surface area contributed by atoms with Crippen LogP contribution in [0.5, 0.6) is 0 Å². The molecule has 2 aromatic rings. The van der Waals surface area contributed by atoms with E-state index in [1.54, 1.807) is 6.07 Å². The van der Waals surface area contributed by atoms with Gasteiger partial charge in [-0.1, -0.05) is 39.7 Å². The van der Waals surface area contributed by atoms with Gasteiger partial charge in [0.05, 0.1) is 5.02 Å². The van der Waals surface area contributed by atoms with Crippen LogP contribution in [0.2, 0.25) is 5.02 Å². The highest BCUT2D eigenvalue weighted by Gasteiger charge is 2.11. The molecule has 0 bridgehead atoms. The predicted octanol–water partition coefficient (Wildman–Crippen LogP) is 5.25. The van der Waals surface area contributed by atoms with Gasteiger partial charge in [-0.05, 0) is 57.7 Å². The Bertz CT molecular complexity index is 604. The quantitative estimate of drug-likeness (QED) is 0.739. The fraction of sp³-hybridized carbons (Fsp3) is 0.143. The van der Waals surface area contributed by atoms with Gasteiger partial charge >= 0.3 is 0 Å². The molecule has 0 spiro atoms. The number of rotatable bonds is 3. The van der Waals surface area contributed by atoms with Crippen LogP contribution < -0.4 is 5.73 Å². The van der Waals surface area contributed by atoms with Crippen molar-refractivity contribution in [2.75, 3.05) is 0 Å². The van der Waals surface area contributed by atoms with E-state index in [1.165, 1.54) is 12.1 Å². The van der Waals surface area contributed by atoms with Gasteiger partial charge in [0.15, 0.2) is 0 Å². The Hall–Kier alpha value is -0.420. The smallest absolute Gasteiger partial charge is 0.124 e. The first-order valence-corrected chi connectivity index (χ1v) is 7.58. The van der Waals surface area contributed by atoms with Gasteiger partial charge in [0.25, 0.3) is 0 Å². The van der Waals surface area contributed by atoms with Crippen molar-refractivity contribution in [2.24, 2.45) is 5.73 Å². The summed E-state index contributed by atoms with van der Waals surface area (Å²) in [6, 6.07) is 10.1. The summed E-state index contributed by atoms with van der Waals surface area (Å²) in [6.45, 7) is 0. The third-order valence-corrected chi connectivity index (χ3v) is 4.80. The second kappa shape index (κ2) is 6.35. The van der Waals surface area contributed by atoms with Crippen LogP contribution in [-0.2, 0) is 6.42 Å². The number of hydrogen-bond donors (Lipinski definition) is 1. The summed E-state index contributed by atoms with van der Waals surface area (Å²) in [5.41, 5.74) is 8.08. The summed E-state index contributed by atoms with van der Waals surface area (Å²) in [4.78, 5) is 0. The van der Waals surface area contributed by atoms with Crippen molar-refractivity contribution in [3.8, 4) is 0 Å². The monoisotopic (exact) mass is 405 g/mol. The zero-order valence-corrected chi connectivity index (χ0v) is 13.8. The number of nitrogens with two attached hydrogens (primary N) is 1. The third kappa shape index (κ3) is 3.78. The molecule has 2 aromatic carbocycles. The number of benzene rings is 2. The second-order valence-corrected chi connectivity index (χ2v) is 6.34. The number of halogens is 4. The summed E-state index contributed by atoms with van der Waals surface area (Å²) < 4.78 is 14.6. The van der Waals surface area contributed by atoms with Crippen molar-refractivity contribution in [3.05, 3.63) is 67.3 Å². The molecule has 0 amide bonds. The van der Waals surface area contributed by atoms with E-state index >= 15 is 0 Å². The maximum absolute atomic E-state index is 13.0. The van der Waals surface area contributed by atoms with Crippen molar-refractivity contribution in [2.45, 2.75) is 12.5 Å². The van der Waals surface area contributed by atoms with Gasteiger partial charge in [0, 0.05) is 15.0 Å². The van der Waals surface area contributed by atoms with Crippen LogP contribution >= 0.6 is 43.5 Å². The molecule has 0 aliphatic rings. The first-order chi connectivity index (χ1) is 8.97. The summed E-state index contributed by atoms with van der Waals surface area (Å²) in [6.07, 6.45) is 0.610. The minimum atomic E-state index is -0.268. The first kappa shape index (κ1) is 15.0. The minimum absolute atomic E-state index is 0.188. The molecule has 19 heavy (non-hydrogen) atoms. The van der Waals surface area contributed by atoms with Crippen molar-refractivity contribution in [1.82, 2.24) is 0 Å². The summed E-state index contributed by atoms with van der Waals surface area (Å²) in [5, 5.41) is 0.631. The van der Waals surface area contributed by atoms with Crippen molar-refractivity contribution in [3.63, 3.8) is 0 Å². The van der Waals surface area contributed by atoms with Crippen molar-refractivity contribution >= 4 is 43.5 Å². The van der Waals surface area contributed by atoms with E-state index < -0.39 is 0 Å². The van der Waals surface area contributed by atoms with Gasteiger partial charge in [-0.25, -0.2) is 4.39 Å². The number of hydrogen-bond acceptors (Lipinski definition) is 1. The molecule has 0 aliphatic carbocycles. The molecule has 0 aliphatic heterocycles. The largest absolute Gasteiger partial charge is 0.324 e. The Kier molecular flexibility index (Phi) is 5.01. The van der Waals surface area contributed by atoms with E-state index in [-0.39, 0.29) is 11.9 Å². The molecular formula is C14H11Br2ClFN. The lowest BCUT2D eigenvalue weighted by atomic mass is 10.00. The average Bonchev–Trinajstić information content (AvgIpc) is 2.36. The van der Waals surface area contributed by atoms with Crippen LogP contribution in [0.4, 0.5) is 4.39 Å². The molecule has 1 nitrogen and oxygen atoms in total. The Morgan fingerprint density at radius 1 is 1.11 bits per heavy atom. The Morgan fingerprint density at radius 2 is 1.84 bits per heavy atom. The van der Waals surface area contributed by atoms with Gasteiger partial charge in [-0.3, -0.25) is 0 Å². The molecule has 100 valence electrons. The summed E-state index contributed by atoms with van der Waals surface area (Å²) in [5.74, 6) is -0.268. The topological polar surface area (TPSA) is 26.0 Å². The molecule has 2 N–H and O–H groups in total. The predicted molar refractivity (Wildman–Crippen MR) is 83.9 cm³/mol.